The first-order chi connectivity index (χ1) is 15.2. The first kappa shape index (κ1) is 20.7. The molecule has 0 aliphatic rings. The molecule has 0 fully saturated rings. The highest BCUT2D eigenvalue weighted by Crippen LogP contribution is 2.16. The number of hydrogen-bond acceptors (Lipinski definition) is 3. The van der Waals surface area contributed by atoms with Crippen LogP contribution in [0, 0.1) is 0 Å². The third-order valence-electron chi connectivity index (χ3n) is 5.14. The van der Waals surface area contributed by atoms with Crippen LogP contribution < -0.4 is 5.32 Å². The molecule has 0 aliphatic heterocycles. The number of aliphatic imine (C=N–C) groups is 1. The number of aryl methyl sites for hydroxylation is 1. The van der Waals surface area contributed by atoms with E-state index in [0.29, 0.717) is 6.54 Å². The fourth-order valence-electron chi connectivity index (χ4n) is 3.59. The lowest BCUT2D eigenvalue weighted by Crippen LogP contribution is -2.38. The third kappa shape index (κ3) is 5.12. The number of benzene rings is 2. The molecule has 0 amide bonds. The van der Waals surface area contributed by atoms with Gasteiger partial charge in [-0.15, -0.1) is 0 Å². The monoisotopic (exact) mass is 415 g/mol. The summed E-state index contributed by atoms with van der Waals surface area (Å²) in [5, 5.41) is 3.38. The molecule has 0 bridgehead atoms. The van der Waals surface area contributed by atoms with Crippen molar-refractivity contribution in [2.45, 2.75) is 26.4 Å². The van der Waals surface area contributed by atoms with E-state index in [9.17, 15) is 0 Å². The summed E-state index contributed by atoms with van der Waals surface area (Å²) in [4.78, 5) is 19.3. The number of guanidine groups is 1. The normalized spacial score (nSPS) is 11.7. The summed E-state index contributed by atoms with van der Waals surface area (Å²) in [5.74, 6) is 1.80. The largest absolute Gasteiger partial charge is 0.357 e. The number of para-hydroxylation sites is 2. The zero-order chi connectivity index (χ0) is 21.5. The van der Waals surface area contributed by atoms with Gasteiger partial charge in [0.2, 0.25) is 0 Å². The van der Waals surface area contributed by atoms with E-state index in [4.69, 9.17) is 4.99 Å². The maximum atomic E-state index is 4.81. The van der Waals surface area contributed by atoms with Gasteiger partial charge in [-0.05, 0) is 31.0 Å². The Morgan fingerprint density at radius 3 is 2.74 bits per heavy atom. The Labute approximate surface area is 182 Å². The molecule has 7 nitrogen and oxygen atoms in total. The maximum Gasteiger partial charge on any atom is 0.194 e. The zero-order valence-corrected chi connectivity index (χ0v) is 18.1. The van der Waals surface area contributed by atoms with Gasteiger partial charge in [-0.3, -0.25) is 4.99 Å². The highest BCUT2D eigenvalue weighted by molar-refractivity contribution is 5.79. The van der Waals surface area contributed by atoms with Crippen molar-refractivity contribution in [2.24, 2.45) is 4.99 Å². The van der Waals surface area contributed by atoms with Gasteiger partial charge in [0.05, 0.1) is 35.8 Å². The first-order valence-electron chi connectivity index (χ1n) is 10.7. The number of rotatable bonds is 8. The van der Waals surface area contributed by atoms with Crippen LogP contribution in [0.4, 0.5) is 0 Å². The van der Waals surface area contributed by atoms with Crippen molar-refractivity contribution in [2.75, 3.05) is 20.1 Å². The lowest BCUT2D eigenvalue weighted by molar-refractivity contribution is 0.463. The Morgan fingerprint density at radius 2 is 1.90 bits per heavy atom. The van der Waals surface area contributed by atoms with Crippen LogP contribution in [0.2, 0.25) is 0 Å². The lowest BCUT2D eigenvalue weighted by Gasteiger charge is -2.21. The van der Waals surface area contributed by atoms with Crippen LogP contribution in [0.3, 0.4) is 0 Å². The van der Waals surface area contributed by atoms with Gasteiger partial charge in [0, 0.05) is 26.7 Å². The van der Waals surface area contributed by atoms with E-state index in [1.807, 2.05) is 49.9 Å². The molecule has 160 valence electrons. The van der Waals surface area contributed by atoms with Crippen molar-refractivity contribution in [3.63, 3.8) is 0 Å². The van der Waals surface area contributed by atoms with Crippen LogP contribution >= 0.6 is 0 Å². The standard InChI is InChI=1S/C24H29N7/c1-3-25-24(26-14-9-15-31-18-28-20-12-7-8-13-22(20)31)30(2)17-23-27-16-21(29-23)19-10-5-4-6-11-19/h4-8,10-13,16,18H,3,9,14-15,17H2,1-2H3,(H,25,26)(H,27,29). The van der Waals surface area contributed by atoms with Gasteiger partial charge in [0.1, 0.15) is 5.82 Å². The Bertz CT molecular complexity index is 1130. The molecule has 2 aromatic heterocycles. The molecule has 0 aliphatic carbocycles. The second-order valence-electron chi connectivity index (χ2n) is 7.48. The number of nitrogens with zero attached hydrogens (tertiary/aromatic N) is 5. The van der Waals surface area contributed by atoms with Crippen LogP contribution in [0.15, 0.2) is 72.1 Å². The van der Waals surface area contributed by atoms with E-state index in [0.717, 1.165) is 54.6 Å². The molecule has 0 unspecified atom stereocenters. The molecule has 7 heteroatoms. The molecule has 0 atom stereocenters. The fourth-order valence-corrected chi connectivity index (χ4v) is 3.59. The number of fused-ring (bicyclic) bond motifs is 1. The van der Waals surface area contributed by atoms with E-state index in [-0.39, 0.29) is 0 Å². The summed E-state index contributed by atoms with van der Waals surface area (Å²) in [6.45, 7) is 5.20. The highest BCUT2D eigenvalue weighted by atomic mass is 15.3. The summed E-state index contributed by atoms with van der Waals surface area (Å²) in [6, 6.07) is 18.5. The molecule has 0 saturated carbocycles. The Hall–Kier alpha value is -3.61. The second kappa shape index (κ2) is 9.93. The molecule has 2 aromatic carbocycles. The van der Waals surface area contributed by atoms with E-state index in [1.54, 1.807) is 0 Å². The lowest BCUT2D eigenvalue weighted by atomic mass is 10.2. The average molecular weight is 416 g/mol. The SMILES string of the molecule is CCNC(=NCCCn1cnc2ccccc21)N(C)Cc1ncc(-c2ccccc2)[nH]1. The molecule has 4 aromatic rings. The van der Waals surface area contributed by atoms with Crippen molar-refractivity contribution in [3.05, 3.63) is 72.9 Å². The van der Waals surface area contributed by atoms with Crippen LogP contribution in [0.5, 0.6) is 0 Å². The smallest absolute Gasteiger partial charge is 0.194 e. The summed E-state index contributed by atoms with van der Waals surface area (Å²) in [5.41, 5.74) is 4.37. The summed E-state index contributed by atoms with van der Waals surface area (Å²) >= 11 is 0. The number of nitrogens with one attached hydrogen (secondary N) is 2. The van der Waals surface area contributed by atoms with Gasteiger partial charge in [-0.2, -0.15) is 0 Å². The molecule has 0 radical (unpaired) electrons. The van der Waals surface area contributed by atoms with Gasteiger partial charge in [0.15, 0.2) is 5.96 Å². The van der Waals surface area contributed by atoms with E-state index in [2.05, 4.69) is 60.9 Å². The average Bonchev–Trinajstić information content (AvgIpc) is 3.44. The Morgan fingerprint density at radius 1 is 1.10 bits per heavy atom. The van der Waals surface area contributed by atoms with Gasteiger partial charge in [0.25, 0.3) is 0 Å². The Balaban J connectivity index is 1.35. The van der Waals surface area contributed by atoms with Crippen molar-refractivity contribution in [1.82, 2.24) is 29.7 Å². The first-order valence-corrected chi connectivity index (χ1v) is 10.7. The predicted molar refractivity (Wildman–Crippen MR) is 126 cm³/mol. The Kier molecular flexibility index (Phi) is 6.62. The minimum absolute atomic E-state index is 0.658. The van der Waals surface area contributed by atoms with E-state index in [1.165, 1.54) is 5.52 Å². The van der Waals surface area contributed by atoms with Gasteiger partial charge in [-0.1, -0.05) is 42.5 Å². The maximum absolute atomic E-state index is 4.81. The number of aromatic amines is 1. The molecule has 2 N–H and O–H groups in total. The molecule has 2 heterocycles. The number of H-pyrrole nitrogens is 1. The fraction of sp³-hybridized carbons (Fsp3) is 0.292. The number of hydrogen-bond donors (Lipinski definition) is 2. The molecular weight excluding hydrogens is 386 g/mol. The molecular formula is C24H29N7. The molecule has 4 rings (SSSR count). The van der Waals surface area contributed by atoms with Gasteiger partial charge in [-0.25, -0.2) is 9.97 Å². The van der Waals surface area contributed by atoms with E-state index >= 15 is 0 Å². The van der Waals surface area contributed by atoms with Crippen molar-refractivity contribution in [1.29, 1.82) is 0 Å². The number of aromatic nitrogens is 4. The van der Waals surface area contributed by atoms with Crippen LogP contribution in [0.25, 0.3) is 22.3 Å². The number of imidazole rings is 2. The molecule has 0 spiro atoms. The van der Waals surface area contributed by atoms with Crippen LogP contribution in [0.1, 0.15) is 19.2 Å². The molecule has 0 saturated heterocycles. The zero-order valence-electron chi connectivity index (χ0n) is 18.1. The quantitative estimate of drug-likeness (QED) is 0.260. The van der Waals surface area contributed by atoms with E-state index < -0.39 is 0 Å². The highest BCUT2D eigenvalue weighted by Gasteiger charge is 2.10. The summed E-state index contributed by atoms with van der Waals surface area (Å²) < 4.78 is 2.19. The third-order valence-corrected chi connectivity index (χ3v) is 5.14. The predicted octanol–water partition coefficient (Wildman–Crippen LogP) is 3.91. The van der Waals surface area contributed by atoms with Crippen molar-refractivity contribution >= 4 is 17.0 Å². The van der Waals surface area contributed by atoms with Crippen LogP contribution in [-0.4, -0.2) is 50.5 Å². The summed E-state index contributed by atoms with van der Waals surface area (Å²) in [7, 11) is 2.04. The second-order valence-corrected chi connectivity index (χ2v) is 7.48. The topological polar surface area (TPSA) is 74.1 Å². The van der Waals surface area contributed by atoms with Crippen molar-refractivity contribution in [3.8, 4) is 11.3 Å². The minimum atomic E-state index is 0.658. The van der Waals surface area contributed by atoms with Gasteiger partial charge >= 0.3 is 0 Å². The minimum Gasteiger partial charge on any atom is -0.357 e. The molecule has 31 heavy (non-hydrogen) atoms. The van der Waals surface area contributed by atoms with Crippen molar-refractivity contribution < 1.29 is 0 Å². The summed E-state index contributed by atoms with van der Waals surface area (Å²) in [6.07, 6.45) is 4.74. The van der Waals surface area contributed by atoms with Crippen LogP contribution in [-0.2, 0) is 13.1 Å². The van der Waals surface area contributed by atoms with Gasteiger partial charge < -0.3 is 19.8 Å².